The van der Waals surface area contributed by atoms with E-state index >= 15 is 0 Å². The second-order valence-corrected chi connectivity index (χ2v) is 3.35. The van der Waals surface area contributed by atoms with Gasteiger partial charge in [-0.2, -0.15) is 0 Å². The van der Waals surface area contributed by atoms with Crippen LogP contribution in [0.3, 0.4) is 0 Å². The summed E-state index contributed by atoms with van der Waals surface area (Å²) < 4.78 is 5.24. The fourth-order valence-electron chi connectivity index (χ4n) is 1.43. The Bertz CT molecular complexity index is 126. The van der Waals surface area contributed by atoms with Crippen LogP contribution in [-0.2, 0) is 4.74 Å². The second kappa shape index (κ2) is 4.77. The molecule has 1 aliphatic heterocycles. The van der Waals surface area contributed by atoms with Gasteiger partial charge in [0, 0.05) is 25.7 Å². The van der Waals surface area contributed by atoms with Gasteiger partial charge in [-0.15, -0.1) is 0 Å². The zero-order valence-corrected chi connectivity index (χ0v) is 7.57. The lowest BCUT2D eigenvalue weighted by Crippen LogP contribution is -2.40. The SMILES string of the molecule is CN(CC(O)CN)C1CCOC1. The van der Waals surface area contributed by atoms with E-state index in [0.717, 1.165) is 19.6 Å². The normalized spacial score (nSPS) is 26.5. The summed E-state index contributed by atoms with van der Waals surface area (Å²) in [6.45, 7) is 2.60. The van der Waals surface area contributed by atoms with E-state index in [0.29, 0.717) is 19.1 Å². The quantitative estimate of drug-likeness (QED) is 0.575. The third kappa shape index (κ3) is 2.71. The largest absolute Gasteiger partial charge is 0.390 e. The molecule has 0 radical (unpaired) electrons. The standard InChI is InChI=1S/C8H18N2O2/c1-10(5-8(11)4-9)7-2-3-12-6-7/h7-8,11H,2-6,9H2,1H3. The summed E-state index contributed by atoms with van der Waals surface area (Å²) >= 11 is 0. The molecule has 0 aromatic heterocycles. The van der Waals surface area contributed by atoms with Crippen molar-refractivity contribution in [3.05, 3.63) is 0 Å². The minimum Gasteiger partial charge on any atom is -0.390 e. The lowest BCUT2D eigenvalue weighted by molar-refractivity contribution is 0.0995. The second-order valence-electron chi connectivity index (χ2n) is 3.35. The molecule has 1 aliphatic rings. The Morgan fingerprint density at radius 2 is 2.50 bits per heavy atom. The van der Waals surface area contributed by atoms with Gasteiger partial charge in [-0.1, -0.05) is 0 Å². The van der Waals surface area contributed by atoms with Crippen molar-refractivity contribution in [3.8, 4) is 0 Å². The highest BCUT2D eigenvalue weighted by Gasteiger charge is 2.21. The average Bonchev–Trinajstić information content (AvgIpc) is 2.56. The highest BCUT2D eigenvalue weighted by molar-refractivity contribution is 4.75. The van der Waals surface area contributed by atoms with Gasteiger partial charge in [0.15, 0.2) is 0 Å². The lowest BCUT2D eigenvalue weighted by atomic mass is 10.2. The van der Waals surface area contributed by atoms with Gasteiger partial charge >= 0.3 is 0 Å². The molecule has 0 bridgehead atoms. The Labute approximate surface area is 73.3 Å². The first-order valence-electron chi connectivity index (χ1n) is 4.40. The maximum atomic E-state index is 9.28. The van der Waals surface area contributed by atoms with Gasteiger partial charge in [0.2, 0.25) is 0 Å². The number of aliphatic hydroxyl groups is 1. The monoisotopic (exact) mass is 174 g/mol. The molecule has 2 atom stereocenters. The van der Waals surface area contributed by atoms with Crippen LogP contribution in [0.4, 0.5) is 0 Å². The summed E-state index contributed by atoms with van der Waals surface area (Å²) in [6, 6.07) is 0.464. The Morgan fingerprint density at radius 1 is 1.75 bits per heavy atom. The number of ether oxygens (including phenoxy) is 1. The van der Waals surface area contributed by atoms with Crippen molar-refractivity contribution >= 4 is 0 Å². The molecule has 0 saturated carbocycles. The molecule has 0 aliphatic carbocycles. The van der Waals surface area contributed by atoms with Crippen LogP contribution in [-0.4, -0.2) is 55.5 Å². The number of likely N-dealkylation sites (N-methyl/N-ethyl adjacent to an activating group) is 1. The maximum Gasteiger partial charge on any atom is 0.0789 e. The van der Waals surface area contributed by atoms with Gasteiger partial charge in [0.05, 0.1) is 12.7 Å². The molecule has 0 aromatic carbocycles. The van der Waals surface area contributed by atoms with Crippen LogP contribution >= 0.6 is 0 Å². The van der Waals surface area contributed by atoms with Crippen LogP contribution in [0.2, 0.25) is 0 Å². The molecule has 4 nitrogen and oxygen atoms in total. The first-order chi connectivity index (χ1) is 5.74. The topological polar surface area (TPSA) is 58.7 Å². The summed E-state index contributed by atoms with van der Waals surface area (Å²) in [7, 11) is 2.00. The van der Waals surface area contributed by atoms with E-state index in [4.69, 9.17) is 10.5 Å². The molecule has 1 rings (SSSR count). The third-order valence-corrected chi connectivity index (χ3v) is 2.30. The van der Waals surface area contributed by atoms with E-state index in [-0.39, 0.29) is 0 Å². The van der Waals surface area contributed by atoms with Crippen LogP contribution in [0.15, 0.2) is 0 Å². The van der Waals surface area contributed by atoms with Crippen molar-refractivity contribution in [2.24, 2.45) is 5.73 Å². The zero-order chi connectivity index (χ0) is 8.97. The molecule has 0 aromatic rings. The van der Waals surface area contributed by atoms with Gasteiger partial charge in [-0.3, -0.25) is 4.90 Å². The van der Waals surface area contributed by atoms with Crippen molar-refractivity contribution in [2.45, 2.75) is 18.6 Å². The molecule has 1 heterocycles. The molecule has 2 unspecified atom stereocenters. The van der Waals surface area contributed by atoms with Crippen molar-refractivity contribution in [2.75, 3.05) is 33.4 Å². The summed E-state index contributed by atoms with van der Waals surface area (Å²) in [5.74, 6) is 0. The minimum absolute atomic E-state index is 0.331. The van der Waals surface area contributed by atoms with Gasteiger partial charge < -0.3 is 15.6 Å². The van der Waals surface area contributed by atoms with Crippen molar-refractivity contribution in [3.63, 3.8) is 0 Å². The number of nitrogens with two attached hydrogens (primary N) is 1. The summed E-state index contributed by atoms with van der Waals surface area (Å²) in [4.78, 5) is 2.12. The number of aliphatic hydroxyl groups excluding tert-OH is 1. The minimum atomic E-state index is -0.407. The summed E-state index contributed by atoms with van der Waals surface area (Å²) in [6.07, 6.45) is 0.656. The van der Waals surface area contributed by atoms with Gasteiger partial charge in [-0.05, 0) is 13.5 Å². The van der Waals surface area contributed by atoms with Crippen LogP contribution < -0.4 is 5.73 Å². The molecule has 4 heteroatoms. The number of rotatable bonds is 4. The maximum absolute atomic E-state index is 9.28. The van der Waals surface area contributed by atoms with Gasteiger partial charge in [-0.25, -0.2) is 0 Å². The smallest absolute Gasteiger partial charge is 0.0789 e. The van der Waals surface area contributed by atoms with E-state index in [1.54, 1.807) is 0 Å². The van der Waals surface area contributed by atoms with E-state index in [1.165, 1.54) is 0 Å². The van der Waals surface area contributed by atoms with Crippen LogP contribution in [0, 0.1) is 0 Å². The third-order valence-electron chi connectivity index (χ3n) is 2.30. The number of nitrogens with zero attached hydrogens (tertiary/aromatic N) is 1. The fourth-order valence-corrected chi connectivity index (χ4v) is 1.43. The lowest BCUT2D eigenvalue weighted by Gasteiger charge is -2.24. The van der Waals surface area contributed by atoms with Gasteiger partial charge in [0.25, 0.3) is 0 Å². The van der Waals surface area contributed by atoms with E-state index in [2.05, 4.69) is 4.90 Å². The highest BCUT2D eigenvalue weighted by Crippen LogP contribution is 2.10. The molecule has 3 N–H and O–H groups in total. The zero-order valence-electron chi connectivity index (χ0n) is 7.57. The molecule has 1 fully saturated rings. The Balaban J connectivity index is 2.21. The van der Waals surface area contributed by atoms with Crippen molar-refractivity contribution in [1.82, 2.24) is 4.90 Å². The fraction of sp³-hybridized carbons (Fsp3) is 1.00. The predicted octanol–water partition coefficient (Wildman–Crippen LogP) is -0.973. The highest BCUT2D eigenvalue weighted by atomic mass is 16.5. The average molecular weight is 174 g/mol. The Hall–Kier alpha value is -0.160. The van der Waals surface area contributed by atoms with Crippen LogP contribution in [0.25, 0.3) is 0 Å². The van der Waals surface area contributed by atoms with Crippen LogP contribution in [0.1, 0.15) is 6.42 Å². The predicted molar refractivity (Wildman–Crippen MR) is 46.9 cm³/mol. The number of hydrogen-bond acceptors (Lipinski definition) is 4. The molecule has 72 valence electrons. The number of hydrogen-bond donors (Lipinski definition) is 2. The summed E-state index contributed by atoms with van der Waals surface area (Å²) in [5, 5.41) is 9.28. The Kier molecular flexibility index (Phi) is 3.94. The molecule has 0 amide bonds. The Morgan fingerprint density at radius 3 is 3.00 bits per heavy atom. The molecular formula is C8H18N2O2. The van der Waals surface area contributed by atoms with Crippen LogP contribution in [0.5, 0.6) is 0 Å². The van der Waals surface area contributed by atoms with E-state index in [9.17, 15) is 5.11 Å². The molecule has 0 spiro atoms. The first-order valence-corrected chi connectivity index (χ1v) is 4.40. The van der Waals surface area contributed by atoms with E-state index in [1.807, 2.05) is 7.05 Å². The van der Waals surface area contributed by atoms with Crippen molar-refractivity contribution < 1.29 is 9.84 Å². The molecular weight excluding hydrogens is 156 g/mol. The molecule has 12 heavy (non-hydrogen) atoms. The first kappa shape index (κ1) is 9.92. The summed E-state index contributed by atoms with van der Waals surface area (Å²) in [5.41, 5.74) is 5.31. The van der Waals surface area contributed by atoms with Gasteiger partial charge in [0.1, 0.15) is 0 Å². The molecule has 1 saturated heterocycles. The van der Waals surface area contributed by atoms with E-state index < -0.39 is 6.10 Å². The van der Waals surface area contributed by atoms with Crippen molar-refractivity contribution in [1.29, 1.82) is 0 Å².